The largest absolute Gasteiger partial charge is 0.573 e. The van der Waals surface area contributed by atoms with Gasteiger partial charge in [-0.1, -0.05) is 18.6 Å². The van der Waals surface area contributed by atoms with Crippen LogP contribution in [-0.2, 0) is 18.3 Å². The third kappa shape index (κ3) is 4.72. The first-order valence-corrected chi connectivity index (χ1v) is 10.7. The van der Waals surface area contributed by atoms with Crippen molar-refractivity contribution in [2.75, 3.05) is 5.32 Å². The van der Waals surface area contributed by atoms with E-state index < -0.39 is 42.9 Å². The van der Waals surface area contributed by atoms with Crippen molar-refractivity contribution >= 4 is 11.7 Å². The van der Waals surface area contributed by atoms with Crippen molar-refractivity contribution < 1.29 is 40.3 Å². The van der Waals surface area contributed by atoms with Crippen LogP contribution in [0.2, 0.25) is 0 Å². The van der Waals surface area contributed by atoms with Gasteiger partial charge in [0.2, 0.25) is 5.91 Å². The van der Waals surface area contributed by atoms with Crippen LogP contribution in [0.3, 0.4) is 0 Å². The summed E-state index contributed by atoms with van der Waals surface area (Å²) in [6.07, 6.45) is -3.72. The second-order valence-electron chi connectivity index (χ2n) is 8.81. The summed E-state index contributed by atoms with van der Waals surface area (Å²) < 4.78 is 95.7. The van der Waals surface area contributed by atoms with Gasteiger partial charge in [-0.3, -0.25) is 9.48 Å². The quantitative estimate of drug-likeness (QED) is 0.497. The summed E-state index contributed by atoms with van der Waals surface area (Å²) in [4.78, 5) is 12.4. The van der Waals surface area contributed by atoms with Gasteiger partial charge in [0.25, 0.3) is 0 Å². The lowest BCUT2D eigenvalue weighted by molar-refractivity contribution is -0.313. The van der Waals surface area contributed by atoms with Crippen molar-refractivity contribution in [2.24, 2.45) is 13.0 Å². The minimum atomic E-state index is -4.80. The lowest BCUT2D eigenvalue weighted by atomic mass is 9.74. The summed E-state index contributed by atoms with van der Waals surface area (Å²) in [5.74, 6) is -10.8. The molecule has 0 radical (unpaired) electrons. The van der Waals surface area contributed by atoms with Crippen molar-refractivity contribution in [1.82, 2.24) is 9.78 Å². The number of carbonyl (C=O) groups is 1. The second kappa shape index (κ2) is 8.46. The van der Waals surface area contributed by atoms with E-state index in [1.165, 1.54) is 28.9 Å². The molecule has 2 fully saturated rings. The number of hydrogen-bond donors (Lipinski definition) is 1. The standard InChI is InChI=1S/C22H22F7N3O2/c1-32-19(30-17(33)10-14-11-20(23,24)21(14,25)26)18(13-3-2-4-13)16(31-32)9-12-5-7-15(8-6-12)34-22(27,28)29/h5-8,13-14H,2-4,9-11H2,1H3,(H,30,33)/t14-/m1/s1. The highest BCUT2D eigenvalue weighted by atomic mass is 19.4. The Morgan fingerprint density at radius 3 is 2.32 bits per heavy atom. The van der Waals surface area contributed by atoms with E-state index in [9.17, 15) is 35.5 Å². The summed E-state index contributed by atoms with van der Waals surface area (Å²) in [5.41, 5.74) is 1.97. The van der Waals surface area contributed by atoms with E-state index in [-0.39, 0.29) is 18.1 Å². The fraction of sp³-hybridized carbons (Fsp3) is 0.545. The molecule has 2 saturated carbocycles. The molecule has 34 heavy (non-hydrogen) atoms. The number of rotatable bonds is 7. The molecule has 0 bridgehead atoms. The first-order valence-electron chi connectivity index (χ1n) is 10.7. The minimum absolute atomic E-state index is 0.0707. The normalized spacial score (nSPS) is 21.5. The molecule has 12 heteroatoms. The molecule has 4 rings (SSSR count). The maximum Gasteiger partial charge on any atom is 0.573 e. The van der Waals surface area contributed by atoms with Crippen LogP contribution >= 0.6 is 0 Å². The van der Waals surface area contributed by atoms with E-state index in [4.69, 9.17) is 0 Å². The monoisotopic (exact) mass is 493 g/mol. The van der Waals surface area contributed by atoms with Gasteiger partial charge in [0.05, 0.1) is 5.69 Å². The van der Waals surface area contributed by atoms with Crippen molar-refractivity contribution in [3.05, 3.63) is 41.1 Å². The van der Waals surface area contributed by atoms with E-state index in [1.54, 1.807) is 7.05 Å². The Labute approximate surface area is 190 Å². The Hall–Kier alpha value is -2.79. The first kappa shape index (κ1) is 24.3. The third-order valence-electron chi connectivity index (χ3n) is 6.40. The Morgan fingerprint density at radius 1 is 1.18 bits per heavy atom. The molecule has 5 nitrogen and oxygen atoms in total. The van der Waals surface area contributed by atoms with Crippen LogP contribution in [0, 0.1) is 5.92 Å². The predicted octanol–water partition coefficient (Wildman–Crippen LogP) is 5.80. The number of nitrogens with one attached hydrogen (secondary N) is 1. The number of aromatic nitrogens is 2. The van der Waals surface area contributed by atoms with Gasteiger partial charge < -0.3 is 10.1 Å². The number of benzene rings is 1. The highest BCUT2D eigenvalue weighted by Gasteiger charge is 2.71. The van der Waals surface area contributed by atoms with E-state index in [2.05, 4.69) is 15.2 Å². The van der Waals surface area contributed by atoms with Gasteiger partial charge in [0.15, 0.2) is 0 Å². The molecular formula is C22H22F7N3O2. The molecule has 0 spiro atoms. The zero-order valence-corrected chi connectivity index (χ0v) is 18.1. The Balaban J connectivity index is 1.50. The highest BCUT2D eigenvalue weighted by molar-refractivity contribution is 5.91. The first-order chi connectivity index (χ1) is 15.8. The number of halogens is 7. The molecule has 1 aromatic carbocycles. The number of nitrogens with zero attached hydrogens (tertiary/aromatic N) is 2. The number of ether oxygens (including phenoxy) is 1. The zero-order valence-electron chi connectivity index (χ0n) is 18.1. The molecule has 2 aliphatic carbocycles. The summed E-state index contributed by atoms with van der Waals surface area (Å²) in [6.45, 7) is 0. The Morgan fingerprint density at radius 2 is 1.82 bits per heavy atom. The average Bonchev–Trinajstić information content (AvgIpc) is 2.95. The molecule has 0 saturated heterocycles. The molecule has 1 aromatic heterocycles. The number of amides is 1. The summed E-state index contributed by atoms with van der Waals surface area (Å²) in [6, 6.07) is 5.31. The second-order valence-corrected chi connectivity index (χ2v) is 8.81. The van der Waals surface area contributed by atoms with E-state index in [1.807, 2.05) is 0 Å². The SMILES string of the molecule is Cn1nc(Cc2ccc(OC(F)(F)F)cc2)c(C2CCC2)c1NC(=O)C[C@@H]1CC(F)(F)C1(F)F. The molecule has 1 heterocycles. The molecule has 1 atom stereocenters. The molecule has 186 valence electrons. The van der Waals surface area contributed by atoms with Crippen LogP contribution in [0.25, 0.3) is 0 Å². The fourth-order valence-electron chi connectivity index (χ4n) is 4.35. The van der Waals surface area contributed by atoms with Crippen LogP contribution in [-0.4, -0.2) is 33.9 Å². The number of anilines is 1. The van der Waals surface area contributed by atoms with Gasteiger partial charge in [0.1, 0.15) is 11.6 Å². The van der Waals surface area contributed by atoms with E-state index >= 15 is 0 Å². The van der Waals surface area contributed by atoms with E-state index in [0.717, 1.165) is 24.8 Å². The Bertz CT molecular complexity index is 1060. The van der Waals surface area contributed by atoms with Crippen LogP contribution in [0.1, 0.15) is 54.8 Å². The van der Waals surface area contributed by atoms with Crippen LogP contribution in [0.4, 0.5) is 36.6 Å². The molecular weight excluding hydrogens is 471 g/mol. The third-order valence-corrected chi connectivity index (χ3v) is 6.40. The number of hydrogen-bond acceptors (Lipinski definition) is 3. The van der Waals surface area contributed by atoms with Crippen LogP contribution in [0.5, 0.6) is 5.75 Å². The highest BCUT2D eigenvalue weighted by Crippen LogP contribution is 2.56. The van der Waals surface area contributed by atoms with Gasteiger partial charge >= 0.3 is 18.2 Å². The molecule has 1 N–H and O–H groups in total. The minimum Gasteiger partial charge on any atom is -0.406 e. The van der Waals surface area contributed by atoms with Crippen molar-refractivity contribution in [3.63, 3.8) is 0 Å². The van der Waals surface area contributed by atoms with Gasteiger partial charge in [0, 0.05) is 37.8 Å². The maximum atomic E-state index is 13.6. The smallest absolute Gasteiger partial charge is 0.406 e. The summed E-state index contributed by atoms with van der Waals surface area (Å²) >= 11 is 0. The zero-order chi connectivity index (χ0) is 24.9. The number of aryl methyl sites for hydroxylation is 1. The lowest BCUT2D eigenvalue weighted by Crippen LogP contribution is -2.59. The van der Waals surface area contributed by atoms with Gasteiger partial charge in [-0.25, -0.2) is 0 Å². The van der Waals surface area contributed by atoms with E-state index in [0.29, 0.717) is 17.1 Å². The van der Waals surface area contributed by atoms with Gasteiger partial charge in [-0.05, 0) is 36.5 Å². The molecule has 0 unspecified atom stereocenters. The summed E-state index contributed by atoms with van der Waals surface area (Å²) in [7, 11) is 1.56. The van der Waals surface area contributed by atoms with Gasteiger partial charge in [-0.15, -0.1) is 13.2 Å². The van der Waals surface area contributed by atoms with Gasteiger partial charge in [-0.2, -0.15) is 22.7 Å². The molecule has 2 aliphatic rings. The molecule has 2 aromatic rings. The van der Waals surface area contributed by atoms with Crippen LogP contribution < -0.4 is 10.1 Å². The topological polar surface area (TPSA) is 56.1 Å². The van der Waals surface area contributed by atoms with Crippen LogP contribution in [0.15, 0.2) is 24.3 Å². The maximum absolute atomic E-state index is 13.6. The average molecular weight is 493 g/mol. The van der Waals surface area contributed by atoms with Crippen molar-refractivity contribution in [3.8, 4) is 5.75 Å². The van der Waals surface area contributed by atoms with Crippen molar-refractivity contribution in [2.45, 2.75) is 62.7 Å². The lowest BCUT2D eigenvalue weighted by Gasteiger charge is -2.43. The molecule has 0 aliphatic heterocycles. The number of carbonyl (C=O) groups excluding carboxylic acids is 1. The fourth-order valence-corrected chi connectivity index (χ4v) is 4.35. The summed E-state index contributed by atoms with van der Waals surface area (Å²) in [5, 5.41) is 7.00. The molecule has 1 amide bonds. The number of alkyl halides is 7. The Kier molecular flexibility index (Phi) is 6.05. The predicted molar refractivity (Wildman–Crippen MR) is 107 cm³/mol. The van der Waals surface area contributed by atoms with Crippen molar-refractivity contribution in [1.29, 1.82) is 0 Å².